The quantitative estimate of drug-likeness (QED) is 0.0956. The second-order valence-electron chi connectivity index (χ2n) is 15.9. The third kappa shape index (κ3) is 9.59. The summed E-state index contributed by atoms with van der Waals surface area (Å²) in [7, 11) is 6.21. The number of urea groups is 1. The largest absolute Gasteiger partial charge is 0.493 e. The Morgan fingerprint density at radius 2 is 1.57 bits per heavy atom. The molecule has 3 aliphatic rings. The van der Waals surface area contributed by atoms with Gasteiger partial charge in [0.25, 0.3) is 0 Å². The summed E-state index contributed by atoms with van der Waals surface area (Å²) < 4.78 is 65.2. The van der Waals surface area contributed by atoms with Gasteiger partial charge < -0.3 is 64.8 Å². The van der Waals surface area contributed by atoms with E-state index in [1.165, 1.54) is 10.9 Å². The van der Waals surface area contributed by atoms with Crippen molar-refractivity contribution in [3.8, 4) is 23.0 Å². The number of carbonyl (C=O) groups excluding carboxylic acids is 2. The number of anilines is 2. The predicted octanol–water partition coefficient (Wildman–Crippen LogP) is 3.18. The number of nitrogens with zero attached hydrogens (tertiary/aromatic N) is 6. The van der Waals surface area contributed by atoms with Crippen LogP contribution < -0.4 is 45.1 Å². The monoisotopic (exact) mass is 884 g/mol. The molecule has 2 aromatic carbocycles. The van der Waals surface area contributed by atoms with Crippen LogP contribution in [0.3, 0.4) is 0 Å². The van der Waals surface area contributed by atoms with E-state index in [2.05, 4.69) is 26.3 Å². The van der Waals surface area contributed by atoms with Crippen LogP contribution in [0, 0.1) is 0 Å². The maximum atomic E-state index is 13.8. The highest BCUT2D eigenvalue weighted by Gasteiger charge is 2.52. The lowest BCUT2D eigenvalue weighted by Gasteiger charge is -2.31. The molecule has 7 rings (SSSR count). The molecule has 0 radical (unpaired) electrons. The number of ether oxygens (including phenoxy) is 4. The molecule has 21 heteroatoms. The minimum atomic E-state index is -5.18. The molecule has 2 aromatic heterocycles. The van der Waals surface area contributed by atoms with E-state index in [1.807, 2.05) is 41.3 Å². The highest BCUT2D eigenvalue weighted by Crippen LogP contribution is 2.40. The topological polar surface area (TPSA) is 210 Å². The van der Waals surface area contributed by atoms with Crippen molar-refractivity contribution in [3.63, 3.8) is 0 Å². The minimum Gasteiger partial charge on any atom is -0.493 e. The van der Waals surface area contributed by atoms with Crippen LogP contribution in [0.5, 0.6) is 23.0 Å². The molecule has 6 atom stereocenters. The smallest absolute Gasteiger partial charge is 0.471 e. The van der Waals surface area contributed by atoms with E-state index in [-0.39, 0.29) is 67.1 Å². The third-order valence-corrected chi connectivity index (χ3v) is 12.1. The predicted molar refractivity (Wildman–Crippen MR) is 226 cm³/mol. The molecule has 18 nitrogen and oxygen atoms in total. The summed E-state index contributed by atoms with van der Waals surface area (Å²) in [4.78, 5) is 42.5. The van der Waals surface area contributed by atoms with Gasteiger partial charge in [-0.2, -0.15) is 23.1 Å². The molecule has 1 saturated carbocycles. The lowest BCUT2D eigenvalue weighted by Crippen LogP contribution is -2.51. The van der Waals surface area contributed by atoms with Gasteiger partial charge in [-0.3, -0.25) is 4.79 Å². The molecular weight excluding hydrogens is 830 g/mol. The number of nitrogens with one attached hydrogen (secondary N) is 4. The van der Waals surface area contributed by atoms with Gasteiger partial charge in [-0.1, -0.05) is 19.1 Å². The van der Waals surface area contributed by atoms with Gasteiger partial charge in [-0.05, 0) is 67.6 Å². The van der Waals surface area contributed by atoms with E-state index < -0.39 is 36.4 Å². The van der Waals surface area contributed by atoms with Crippen LogP contribution in [0.2, 0.25) is 0 Å². The number of alkyl halides is 3. The lowest BCUT2D eigenvalue weighted by molar-refractivity contribution is -0.190. The summed E-state index contributed by atoms with van der Waals surface area (Å²) >= 11 is 0. The molecular formula is C42H55F3N10O8. The summed E-state index contributed by atoms with van der Waals surface area (Å²) in [6.07, 6.45) is -5.61. The Balaban J connectivity index is 1.25. The average molecular weight is 885 g/mol. The van der Waals surface area contributed by atoms with E-state index in [0.29, 0.717) is 59.8 Å². The average Bonchev–Trinajstić information content (AvgIpc) is 4.11. The first-order valence-electron chi connectivity index (χ1n) is 21.0. The van der Waals surface area contributed by atoms with E-state index in [4.69, 9.17) is 28.9 Å². The fourth-order valence-corrected chi connectivity index (χ4v) is 8.82. The lowest BCUT2D eigenvalue weighted by atomic mass is 9.90. The van der Waals surface area contributed by atoms with Crippen molar-refractivity contribution < 1.29 is 51.9 Å². The summed E-state index contributed by atoms with van der Waals surface area (Å²) in [5.74, 6) is 0.252. The van der Waals surface area contributed by atoms with Gasteiger partial charge in [0, 0.05) is 50.7 Å². The van der Waals surface area contributed by atoms with Gasteiger partial charge in [-0.15, -0.1) is 0 Å². The van der Waals surface area contributed by atoms with Gasteiger partial charge in [-0.25, -0.2) is 9.78 Å². The van der Waals surface area contributed by atoms with Crippen LogP contribution in [0.1, 0.15) is 55.7 Å². The van der Waals surface area contributed by atoms with E-state index in [9.17, 15) is 33.0 Å². The van der Waals surface area contributed by atoms with Crippen molar-refractivity contribution >= 4 is 34.9 Å². The molecule has 3 fully saturated rings. The number of amides is 3. The standard InChI is InChI=1S/C42H55F3N10O8/c1-6-14-54(39(58)42(43,44)45)28-18-29(36(57)35(28)56)55-22-48-34-37(51-40(52-38(34)55)53-15-12-26(21-53)50-41(59)49-25-11-13-46-19-25)47-20-27(23-7-9-30(60-2)32(16-23)62-4)24-8-10-31(61-3)33(17-24)63-5/h7-10,16-17,22,25-29,35-36,46,56-57H,6,11-15,18-21H2,1-5H3,(H,47,51,52)(H2,49,50,59)/t25?,26-,28+,29-,35-,36+/m1/s1. The maximum Gasteiger partial charge on any atom is 0.471 e. The van der Waals surface area contributed by atoms with Crippen molar-refractivity contribution in [1.82, 2.24) is 40.4 Å². The maximum absolute atomic E-state index is 13.8. The number of aromatic nitrogens is 4. The van der Waals surface area contributed by atoms with E-state index in [1.54, 1.807) is 35.4 Å². The van der Waals surface area contributed by atoms with Crippen molar-refractivity contribution in [2.45, 2.75) is 81.1 Å². The van der Waals surface area contributed by atoms with Crippen molar-refractivity contribution in [2.24, 2.45) is 0 Å². The Labute approximate surface area is 362 Å². The third-order valence-electron chi connectivity index (χ3n) is 12.1. The number of benzene rings is 2. The number of hydrogen-bond acceptors (Lipinski definition) is 14. The summed E-state index contributed by atoms with van der Waals surface area (Å²) in [6, 6.07) is 8.40. The van der Waals surface area contributed by atoms with Crippen LogP contribution in [0.15, 0.2) is 42.7 Å². The van der Waals surface area contributed by atoms with Gasteiger partial charge in [0.2, 0.25) is 5.95 Å². The summed E-state index contributed by atoms with van der Waals surface area (Å²) in [5.41, 5.74) is 2.23. The zero-order valence-corrected chi connectivity index (χ0v) is 35.8. The zero-order valence-electron chi connectivity index (χ0n) is 35.8. The number of imidazole rings is 1. The van der Waals surface area contributed by atoms with Crippen molar-refractivity contribution in [1.29, 1.82) is 0 Å². The second kappa shape index (κ2) is 19.3. The number of halogens is 3. The van der Waals surface area contributed by atoms with Crippen LogP contribution in [-0.4, -0.2) is 151 Å². The molecule has 2 aliphatic heterocycles. The van der Waals surface area contributed by atoms with Gasteiger partial charge in [0.05, 0.1) is 46.9 Å². The SMILES string of the molecule is CCCN(C(=O)C(F)(F)F)[C@H]1C[C@@H](n2cnc3c(NCC(c4ccc(OC)c(OC)c4)c4ccc(OC)c(OC)c4)nc(N4CC[C@@H](NC(=O)NC5CCNC5)C4)nc32)[C@H](O)[C@@H]1O. The summed E-state index contributed by atoms with van der Waals surface area (Å²) in [5, 5.41) is 35.4. The number of aliphatic hydroxyl groups is 2. The Morgan fingerprint density at radius 3 is 2.16 bits per heavy atom. The number of carbonyl (C=O) groups is 2. The molecule has 1 unspecified atom stereocenters. The molecule has 6 N–H and O–H groups in total. The molecule has 342 valence electrons. The number of aliphatic hydroxyl groups excluding tert-OH is 2. The van der Waals surface area contributed by atoms with Gasteiger partial charge in [0.1, 0.15) is 12.2 Å². The molecule has 4 aromatic rings. The first-order valence-corrected chi connectivity index (χ1v) is 21.0. The van der Waals surface area contributed by atoms with Crippen LogP contribution in [0.25, 0.3) is 11.2 Å². The number of methoxy groups -OCH3 is 4. The van der Waals surface area contributed by atoms with Crippen molar-refractivity contribution in [2.75, 3.05) is 77.9 Å². The van der Waals surface area contributed by atoms with Crippen LogP contribution in [0.4, 0.5) is 29.7 Å². The number of hydrogen-bond donors (Lipinski definition) is 6. The normalized spacial score (nSPS) is 22.4. The highest BCUT2D eigenvalue weighted by atomic mass is 19.4. The van der Waals surface area contributed by atoms with E-state index >= 15 is 0 Å². The Morgan fingerprint density at radius 1 is 0.921 bits per heavy atom. The fourth-order valence-electron chi connectivity index (χ4n) is 8.82. The minimum absolute atomic E-state index is 0.0358. The zero-order chi connectivity index (χ0) is 45.0. The van der Waals surface area contributed by atoms with Crippen molar-refractivity contribution in [3.05, 3.63) is 53.9 Å². The molecule has 1 aliphatic carbocycles. The molecule has 4 heterocycles. The second-order valence-corrected chi connectivity index (χ2v) is 15.9. The van der Waals surface area contributed by atoms with Gasteiger partial charge >= 0.3 is 18.1 Å². The van der Waals surface area contributed by atoms with Crippen LogP contribution in [-0.2, 0) is 4.79 Å². The molecule has 3 amide bonds. The Hall–Kier alpha value is -5.80. The first-order chi connectivity index (χ1) is 30.3. The number of rotatable bonds is 16. The number of fused-ring (bicyclic) bond motifs is 1. The fraction of sp³-hybridized carbons (Fsp3) is 0.548. The molecule has 0 bridgehead atoms. The van der Waals surface area contributed by atoms with Gasteiger partial charge in [0.15, 0.2) is 40.0 Å². The molecule has 63 heavy (non-hydrogen) atoms. The molecule has 0 spiro atoms. The van der Waals surface area contributed by atoms with Crippen LogP contribution >= 0.6 is 0 Å². The first kappa shape index (κ1) is 45.2. The Bertz CT molecular complexity index is 2190. The van der Waals surface area contributed by atoms with E-state index in [0.717, 1.165) is 24.1 Å². The molecule has 2 saturated heterocycles. The Kier molecular flexibility index (Phi) is 13.9. The summed E-state index contributed by atoms with van der Waals surface area (Å²) in [6.45, 7) is 3.97. The highest BCUT2D eigenvalue weighted by molar-refractivity contribution is 5.85.